The van der Waals surface area contributed by atoms with Crippen LogP contribution in [0.5, 0.6) is 0 Å². The number of hydrogen-bond acceptors (Lipinski definition) is 11. The van der Waals surface area contributed by atoms with Gasteiger partial charge in [-0.05, 0) is 107 Å². The summed E-state index contributed by atoms with van der Waals surface area (Å²) in [4.78, 5) is 73.7. The number of amides is 5. The molecule has 2 fully saturated rings. The van der Waals surface area contributed by atoms with E-state index in [1.54, 1.807) is 14.0 Å². The molecule has 0 spiro atoms. The van der Waals surface area contributed by atoms with E-state index < -0.39 is 47.3 Å². The van der Waals surface area contributed by atoms with Crippen LogP contribution in [-0.4, -0.2) is 126 Å². The summed E-state index contributed by atoms with van der Waals surface area (Å²) >= 11 is 0. The molecule has 2 aliphatic heterocycles. The standard InChI is InChI=1S/C54H76N12O5/c1-31(28-57-33(3)32(2)55-9)65-29-38(25-46(65)34(4)58-42-23-15-19-36-17-11-13-21-40(36)42)59-50(68)44-27-45(64-63-44)51(69)60-39-26-47(52(70)61-43-24-16-20-37-18-12-14-22-41(37)43)66(30-39)53(71)48(54(6,7)8)62-49(67)35(5)56-10/h11-14,17-18,21-22,27,32,35,38-39,42-43,46-48,55-58H,1,3-4,15-16,19-20,23-26,28-30H2,2,5-10H3,(H,59,68)(H,60,69)(H,61,70)(H,62,67)(H,63,64)/t32-,35-,38-,39-,42+,43+,46-,47-,48+/m0/s1. The van der Waals surface area contributed by atoms with Crippen molar-refractivity contribution >= 4 is 29.5 Å². The van der Waals surface area contributed by atoms with Crippen LogP contribution in [0.25, 0.3) is 0 Å². The van der Waals surface area contributed by atoms with Gasteiger partial charge in [-0.25, -0.2) is 0 Å². The zero-order chi connectivity index (χ0) is 51.1. The van der Waals surface area contributed by atoms with E-state index in [-0.39, 0.29) is 66.4 Å². The van der Waals surface area contributed by atoms with E-state index in [0.717, 1.165) is 61.2 Å². The lowest BCUT2D eigenvalue weighted by Gasteiger charge is -2.36. The Hall–Kier alpha value is -6.46. The molecule has 0 bridgehead atoms. The SMILES string of the molecule is C=C(NCC(=C)N1C[C@@H](NC(=O)c2cc(C(=O)N[C@H]3C[C@@H](C(=O)N[C@@H]4CCCc5ccccc54)N(C(=O)[C@@H](NC(=O)[C@H](C)NC)C(C)(C)C)C3)n[nH]2)C[C@H]1C(=C)N[C@@H]1CCCc2ccccc21)[C@H](C)NC. The van der Waals surface area contributed by atoms with Gasteiger partial charge in [0.05, 0.1) is 30.7 Å². The normalized spacial score (nSPS) is 23.0. The first-order valence-electron chi connectivity index (χ1n) is 25.3. The Morgan fingerprint density at radius 3 is 1.92 bits per heavy atom. The van der Waals surface area contributed by atoms with E-state index in [1.165, 1.54) is 27.7 Å². The fraction of sp³-hybridized carbons (Fsp3) is 0.519. The highest BCUT2D eigenvalue weighted by Gasteiger charge is 2.46. The molecule has 4 aliphatic rings. The third-order valence-corrected chi connectivity index (χ3v) is 14.8. The van der Waals surface area contributed by atoms with Gasteiger partial charge in [0.15, 0.2) is 5.69 Å². The third-order valence-electron chi connectivity index (χ3n) is 14.8. The van der Waals surface area contributed by atoms with Crippen molar-refractivity contribution in [3.05, 3.63) is 125 Å². The second-order valence-corrected chi connectivity index (χ2v) is 20.9. The molecule has 17 heteroatoms. The van der Waals surface area contributed by atoms with Crippen LogP contribution in [0.1, 0.15) is 128 Å². The number of aromatic nitrogens is 2. The summed E-state index contributed by atoms with van der Waals surface area (Å²) in [6.45, 7) is 23.4. The summed E-state index contributed by atoms with van der Waals surface area (Å²) < 4.78 is 0. The largest absolute Gasteiger partial charge is 0.382 e. The summed E-state index contributed by atoms with van der Waals surface area (Å²) in [5.41, 5.74) is 6.75. The number of rotatable bonds is 19. The van der Waals surface area contributed by atoms with Crippen LogP contribution >= 0.6 is 0 Å². The first-order valence-corrected chi connectivity index (χ1v) is 25.3. The minimum Gasteiger partial charge on any atom is -0.382 e. The van der Waals surface area contributed by atoms with Crippen molar-refractivity contribution in [3.8, 4) is 0 Å². The highest BCUT2D eigenvalue weighted by molar-refractivity contribution is 5.98. The Bertz CT molecular complexity index is 2480. The maximum atomic E-state index is 14.6. The van der Waals surface area contributed by atoms with Crippen molar-refractivity contribution in [2.24, 2.45) is 5.41 Å². The Morgan fingerprint density at radius 2 is 1.31 bits per heavy atom. The number of nitrogens with one attached hydrogen (secondary N) is 9. The highest BCUT2D eigenvalue weighted by Crippen LogP contribution is 2.34. The van der Waals surface area contributed by atoms with E-state index in [0.29, 0.717) is 19.5 Å². The van der Waals surface area contributed by atoms with Crippen molar-refractivity contribution in [3.63, 3.8) is 0 Å². The molecule has 2 aliphatic carbocycles. The molecular weight excluding hydrogens is 897 g/mol. The number of benzene rings is 2. The van der Waals surface area contributed by atoms with E-state index in [2.05, 4.69) is 108 Å². The summed E-state index contributed by atoms with van der Waals surface area (Å²) in [7, 11) is 3.55. The van der Waals surface area contributed by atoms with Crippen molar-refractivity contribution in [2.45, 2.75) is 140 Å². The van der Waals surface area contributed by atoms with Crippen molar-refractivity contribution < 1.29 is 24.0 Å². The van der Waals surface area contributed by atoms with Crippen LogP contribution < -0.4 is 42.5 Å². The predicted molar refractivity (Wildman–Crippen MR) is 276 cm³/mol. The quantitative estimate of drug-likeness (QED) is 0.0837. The minimum atomic E-state index is -0.966. The van der Waals surface area contributed by atoms with Crippen molar-refractivity contribution in [1.29, 1.82) is 0 Å². The summed E-state index contributed by atoms with van der Waals surface area (Å²) in [6, 6.07) is 14.4. The minimum absolute atomic E-state index is 0.0158. The maximum absolute atomic E-state index is 14.6. The molecule has 3 heterocycles. The molecular formula is C54H76N12O5. The van der Waals surface area contributed by atoms with Crippen molar-refractivity contribution in [1.82, 2.24) is 62.5 Å². The van der Waals surface area contributed by atoms with Gasteiger partial charge in [-0.2, -0.15) is 5.10 Å². The fourth-order valence-electron chi connectivity index (χ4n) is 10.4. The van der Waals surface area contributed by atoms with Gasteiger partial charge < -0.3 is 52.3 Å². The zero-order valence-corrected chi connectivity index (χ0v) is 42.7. The average molecular weight is 973 g/mol. The molecule has 0 radical (unpaired) electrons. The summed E-state index contributed by atoms with van der Waals surface area (Å²) in [6.07, 6.45) is 6.38. The molecule has 9 atom stereocenters. The number of fused-ring (bicyclic) bond motifs is 2. The zero-order valence-electron chi connectivity index (χ0n) is 42.7. The van der Waals surface area contributed by atoms with Gasteiger partial charge in [0.25, 0.3) is 11.8 Å². The van der Waals surface area contributed by atoms with Crippen LogP contribution in [-0.2, 0) is 27.2 Å². The fourth-order valence-corrected chi connectivity index (χ4v) is 10.4. The molecule has 0 saturated carbocycles. The smallest absolute Gasteiger partial charge is 0.272 e. The first-order chi connectivity index (χ1) is 33.9. The Morgan fingerprint density at radius 1 is 0.746 bits per heavy atom. The molecule has 0 unspecified atom stereocenters. The second-order valence-electron chi connectivity index (χ2n) is 20.9. The number of aryl methyl sites for hydroxylation is 2. The van der Waals surface area contributed by atoms with Gasteiger partial charge in [0, 0.05) is 54.4 Å². The molecule has 17 nitrogen and oxygen atoms in total. The van der Waals surface area contributed by atoms with Crippen molar-refractivity contribution in [2.75, 3.05) is 33.7 Å². The van der Waals surface area contributed by atoms with Gasteiger partial charge in [0.1, 0.15) is 17.8 Å². The third kappa shape index (κ3) is 12.4. The van der Waals surface area contributed by atoms with Gasteiger partial charge in [0.2, 0.25) is 17.7 Å². The lowest BCUT2D eigenvalue weighted by Crippen LogP contribution is -2.59. The van der Waals surface area contributed by atoms with Gasteiger partial charge in [-0.3, -0.25) is 29.1 Å². The van der Waals surface area contributed by atoms with Crippen LogP contribution in [0.4, 0.5) is 0 Å². The van der Waals surface area contributed by atoms with Crippen LogP contribution in [0.15, 0.2) is 91.4 Å². The number of carbonyl (C=O) groups is 5. The molecule has 71 heavy (non-hydrogen) atoms. The summed E-state index contributed by atoms with van der Waals surface area (Å²) in [5, 5.41) is 32.5. The molecule has 382 valence electrons. The van der Waals surface area contributed by atoms with Crippen LogP contribution in [0, 0.1) is 5.41 Å². The maximum Gasteiger partial charge on any atom is 0.272 e. The first kappa shape index (κ1) is 52.4. The van der Waals surface area contributed by atoms with E-state index in [9.17, 15) is 24.0 Å². The molecule has 1 aromatic heterocycles. The number of carbonyl (C=O) groups excluding carboxylic acids is 5. The predicted octanol–water partition coefficient (Wildman–Crippen LogP) is 4.02. The molecule has 2 aromatic carbocycles. The Kier molecular flexibility index (Phi) is 16.8. The van der Waals surface area contributed by atoms with E-state index in [4.69, 9.17) is 0 Å². The Labute approximate surface area is 419 Å². The number of likely N-dealkylation sites (tertiary alicyclic amines) is 2. The lowest BCUT2D eigenvalue weighted by atomic mass is 9.85. The van der Waals surface area contributed by atoms with Crippen LogP contribution in [0.2, 0.25) is 0 Å². The molecule has 7 rings (SSSR count). The van der Waals surface area contributed by atoms with E-state index >= 15 is 0 Å². The van der Waals surface area contributed by atoms with Gasteiger partial charge >= 0.3 is 0 Å². The number of hydrogen-bond donors (Lipinski definition) is 9. The highest BCUT2D eigenvalue weighted by atomic mass is 16.2. The second kappa shape index (κ2) is 22.7. The average Bonchev–Trinajstić information content (AvgIpc) is 4.14. The monoisotopic (exact) mass is 973 g/mol. The number of H-pyrrole nitrogens is 1. The Balaban J connectivity index is 1.03. The van der Waals surface area contributed by atoms with Gasteiger partial charge in [-0.1, -0.05) is 89.0 Å². The van der Waals surface area contributed by atoms with Crippen LogP contribution in [0.3, 0.4) is 0 Å². The lowest BCUT2D eigenvalue weighted by molar-refractivity contribution is -0.144. The number of aromatic amines is 1. The van der Waals surface area contributed by atoms with Gasteiger partial charge in [-0.15, -0.1) is 0 Å². The molecule has 5 amide bonds. The van der Waals surface area contributed by atoms with E-state index in [1.807, 2.05) is 52.9 Å². The molecule has 2 saturated heterocycles. The topological polar surface area (TPSA) is 217 Å². The number of likely N-dealkylation sites (N-methyl/N-ethyl adjacent to an activating group) is 2. The molecule has 3 aromatic rings. The summed E-state index contributed by atoms with van der Waals surface area (Å²) in [5.74, 6) is -2.10. The molecule has 9 N–H and O–H groups in total. The number of nitrogens with zero attached hydrogens (tertiary/aromatic N) is 3.